The number of H-pyrrole nitrogens is 1. The number of rotatable bonds is 5. The van der Waals surface area contributed by atoms with E-state index in [1.807, 2.05) is 37.3 Å². The van der Waals surface area contributed by atoms with Gasteiger partial charge >= 0.3 is 0 Å². The SMILES string of the molecule is Cc1ccc(-c2c(C)sc3nc(CSc4nc(-c5ccccc5)cn4N)[nH]c(=O)c23)cc1. The zero-order valence-corrected chi connectivity index (χ0v) is 19.3. The molecule has 3 heterocycles. The number of aromatic nitrogens is 4. The maximum Gasteiger partial charge on any atom is 0.260 e. The number of thiophene rings is 1. The maximum atomic E-state index is 13.0. The van der Waals surface area contributed by atoms with Crippen LogP contribution in [-0.4, -0.2) is 19.6 Å². The third-order valence-electron chi connectivity index (χ3n) is 5.23. The van der Waals surface area contributed by atoms with Crippen molar-refractivity contribution in [3.63, 3.8) is 0 Å². The molecule has 0 aliphatic carbocycles. The zero-order valence-electron chi connectivity index (χ0n) is 17.6. The third kappa shape index (κ3) is 3.83. The van der Waals surface area contributed by atoms with Gasteiger partial charge in [-0.3, -0.25) is 4.79 Å². The summed E-state index contributed by atoms with van der Waals surface area (Å²) in [6.45, 7) is 4.09. The van der Waals surface area contributed by atoms with Crippen LogP contribution in [0.25, 0.3) is 32.6 Å². The Balaban J connectivity index is 1.44. The lowest BCUT2D eigenvalue weighted by Crippen LogP contribution is -2.12. The average Bonchev–Trinajstić information content (AvgIpc) is 3.33. The van der Waals surface area contributed by atoms with Crippen LogP contribution < -0.4 is 11.4 Å². The molecule has 6 nitrogen and oxygen atoms in total. The highest BCUT2D eigenvalue weighted by atomic mass is 32.2. The minimum absolute atomic E-state index is 0.119. The molecule has 32 heavy (non-hydrogen) atoms. The van der Waals surface area contributed by atoms with E-state index in [4.69, 9.17) is 10.8 Å². The molecule has 160 valence electrons. The number of aromatic amines is 1. The lowest BCUT2D eigenvalue weighted by atomic mass is 10.0. The highest BCUT2D eigenvalue weighted by molar-refractivity contribution is 7.98. The van der Waals surface area contributed by atoms with Gasteiger partial charge in [-0.05, 0) is 19.4 Å². The van der Waals surface area contributed by atoms with Gasteiger partial charge in [0.25, 0.3) is 5.56 Å². The summed E-state index contributed by atoms with van der Waals surface area (Å²) in [6, 6.07) is 18.1. The Bertz CT molecular complexity index is 1470. The van der Waals surface area contributed by atoms with Crippen molar-refractivity contribution in [2.75, 3.05) is 5.84 Å². The summed E-state index contributed by atoms with van der Waals surface area (Å²) in [5, 5.41) is 1.31. The molecule has 8 heteroatoms. The molecule has 0 amide bonds. The Labute approximate surface area is 193 Å². The van der Waals surface area contributed by atoms with Crippen LogP contribution in [0.4, 0.5) is 0 Å². The van der Waals surface area contributed by atoms with Crippen LogP contribution in [0.5, 0.6) is 0 Å². The van der Waals surface area contributed by atoms with Gasteiger partial charge in [-0.25, -0.2) is 14.6 Å². The van der Waals surface area contributed by atoms with Crippen molar-refractivity contribution in [2.24, 2.45) is 0 Å². The van der Waals surface area contributed by atoms with Crippen molar-refractivity contribution >= 4 is 33.3 Å². The first kappa shape index (κ1) is 20.5. The number of imidazole rings is 1. The predicted molar refractivity (Wildman–Crippen MR) is 133 cm³/mol. The number of nitrogens with two attached hydrogens (primary N) is 1. The molecule has 5 aromatic rings. The van der Waals surface area contributed by atoms with E-state index in [0.717, 1.165) is 32.1 Å². The van der Waals surface area contributed by atoms with Crippen LogP contribution in [0.1, 0.15) is 16.3 Å². The van der Waals surface area contributed by atoms with Gasteiger partial charge < -0.3 is 10.8 Å². The second kappa shape index (κ2) is 8.29. The number of nitrogen functional groups attached to an aromatic ring is 1. The molecule has 0 bridgehead atoms. The first-order valence-corrected chi connectivity index (χ1v) is 11.9. The van der Waals surface area contributed by atoms with E-state index in [9.17, 15) is 4.79 Å². The van der Waals surface area contributed by atoms with E-state index in [1.54, 1.807) is 17.5 Å². The normalized spacial score (nSPS) is 11.3. The summed E-state index contributed by atoms with van der Waals surface area (Å²) in [7, 11) is 0. The summed E-state index contributed by atoms with van der Waals surface area (Å²) in [5.74, 6) is 7.17. The molecule has 0 fully saturated rings. The van der Waals surface area contributed by atoms with Gasteiger partial charge in [-0.15, -0.1) is 11.3 Å². The lowest BCUT2D eigenvalue weighted by Gasteiger charge is -2.04. The highest BCUT2D eigenvalue weighted by Crippen LogP contribution is 2.36. The number of hydrogen-bond donors (Lipinski definition) is 2. The number of hydrogen-bond acceptors (Lipinski definition) is 6. The van der Waals surface area contributed by atoms with Crippen molar-refractivity contribution in [2.45, 2.75) is 24.8 Å². The second-order valence-corrected chi connectivity index (χ2v) is 9.71. The molecule has 3 N–H and O–H groups in total. The van der Waals surface area contributed by atoms with E-state index in [2.05, 4.69) is 41.2 Å². The molecular weight excluding hydrogens is 438 g/mol. The Morgan fingerprint density at radius 3 is 2.53 bits per heavy atom. The topological polar surface area (TPSA) is 89.6 Å². The van der Waals surface area contributed by atoms with Crippen LogP contribution in [0.3, 0.4) is 0 Å². The Kier molecular flexibility index (Phi) is 5.32. The molecular formula is C24H21N5OS2. The van der Waals surface area contributed by atoms with Crippen LogP contribution in [0.15, 0.2) is 70.7 Å². The number of fused-ring (bicyclic) bond motifs is 1. The van der Waals surface area contributed by atoms with Crippen molar-refractivity contribution in [3.8, 4) is 22.4 Å². The van der Waals surface area contributed by atoms with E-state index in [-0.39, 0.29) is 5.56 Å². The van der Waals surface area contributed by atoms with Crippen LogP contribution >= 0.6 is 23.1 Å². The van der Waals surface area contributed by atoms with Crippen LogP contribution in [0.2, 0.25) is 0 Å². The molecule has 2 aromatic carbocycles. The van der Waals surface area contributed by atoms with Gasteiger partial charge in [0.1, 0.15) is 10.7 Å². The largest absolute Gasteiger partial charge is 0.337 e. The van der Waals surface area contributed by atoms with Crippen molar-refractivity contribution < 1.29 is 0 Å². The molecule has 0 unspecified atom stereocenters. The quantitative estimate of drug-likeness (QED) is 0.281. The monoisotopic (exact) mass is 459 g/mol. The average molecular weight is 460 g/mol. The van der Waals surface area contributed by atoms with Gasteiger partial charge in [-0.1, -0.05) is 71.9 Å². The fourth-order valence-electron chi connectivity index (χ4n) is 3.66. The standard InChI is InChI=1S/C24H21N5OS2/c1-14-8-10-17(11-9-14)20-15(2)32-23-21(20)22(30)27-19(28-23)13-31-24-26-18(12-29(24)25)16-6-4-3-5-7-16/h3-12H,13,25H2,1-2H3,(H,27,28,30). The van der Waals surface area contributed by atoms with E-state index in [1.165, 1.54) is 22.0 Å². The molecule has 0 aliphatic rings. The number of thioether (sulfide) groups is 1. The van der Waals surface area contributed by atoms with Crippen molar-refractivity contribution in [3.05, 3.63) is 87.4 Å². The van der Waals surface area contributed by atoms with E-state index in [0.29, 0.717) is 22.1 Å². The lowest BCUT2D eigenvalue weighted by molar-refractivity contribution is 0.850. The predicted octanol–water partition coefficient (Wildman–Crippen LogP) is 5.14. The first-order chi connectivity index (χ1) is 15.5. The fraction of sp³-hybridized carbons (Fsp3) is 0.125. The summed E-state index contributed by atoms with van der Waals surface area (Å²) in [5.41, 5.74) is 4.88. The first-order valence-electron chi connectivity index (χ1n) is 10.1. The van der Waals surface area contributed by atoms with Crippen LogP contribution in [0, 0.1) is 13.8 Å². The molecule has 0 saturated heterocycles. The second-order valence-electron chi connectivity index (χ2n) is 7.56. The van der Waals surface area contributed by atoms with E-state index >= 15 is 0 Å². The van der Waals surface area contributed by atoms with Gasteiger partial charge in [0, 0.05) is 16.0 Å². The Morgan fingerprint density at radius 2 is 1.78 bits per heavy atom. The van der Waals surface area contributed by atoms with Crippen molar-refractivity contribution in [1.29, 1.82) is 0 Å². The van der Waals surface area contributed by atoms with Gasteiger partial charge in [-0.2, -0.15) is 0 Å². The smallest absolute Gasteiger partial charge is 0.260 e. The van der Waals surface area contributed by atoms with Gasteiger partial charge in [0.2, 0.25) is 0 Å². The molecule has 0 saturated carbocycles. The number of benzene rings is 2. The van der Waals surface area contributed by atoms with Crippen molar-refractivity contribution in [1.82, 2.24) is 19.6 Å². The number of nitrogens with one attached hydrogen (secondary N) is 1. The molecule has 5 rings (SSSR count). The zero-order chi connectivity index (χ0) is 22.2. The number of nitrogens with zero attached hydrogens (tertiary/aromatic N) is 3. The Hall–Kier alpha value is -3.36. The minimum atomic E-state index is -0.119. The molecule has 0 radical (unpaired) electrons. The van der Waals surface area contributed by atoms with Gasteiger partial charge in [0.15, 0.2) is 5.16 Å². The van der Waals surface area contributed by atoms with Crippen LogP contribution in [-0.2, 0) is 5.75 Å². The van der Waals surface area contributed by atoms with E-state index < -0.39 is 0 Å². The molecule has 0 spiro atoms. The summed E-state index contributed by atoms with van der Waals surface area (Å²) in [6.07, 6.45) is 1.80. The fourth-order valence-corrected chi connectivity index (χ4v) is 5.50. The Morgan fingerprint density at radius 1 is 1.03 bits per heavy atom. The van der Waals surface area contributed by atoms with Gasteiger partial charge in [0.05, 0.1) is 23.0 Å². The maximum absolute atomic E-state index is 13.0. The molecule has 0 aliphatic heterocycles. The summed E-state index contributed by atoms with van der Waals surface area (Å²) in [4.78, 5) is 27.1. The summed E-state index contributed by atoms with van der Waals surface area (Å²) >= 11 is 2.99. The minimum Gasteiger partial charge on any atom is -0.337 e. The molecule has 3 aromatic heterocycles. The third-order valence-corrected chi connectivity index (χ3v) is 7.21. The summed E-state index contributed by atoms with van der Waals surface area (Å²) < 4.78 is 1.51. The molecule has 0 atom stereocenters. The number of aryl methyl sites for hydroxylation is 2. The highest BCUT2D eigenvalue weighted by Gasteiger charge is 2.17.